The van der Waals surface area contributed by atoms with Crippen molar-refractivity contribution in [2.24, 2.45) is 0 Å². The summed E-state index contributed by atoms with van der Waals surface area (Å²) in [6.07, 6.45) is 0.726. The highest BCUT2D eigenvalue weighted by Gasteiger charge is 2.23. The SMILES string of the molecule is CCOc1ccc2c(c1)CC(C)OC2=O. The van der Waals surface area contributed by atoms with Crippen LogP contribution in [0.3, 0.4) is 0 Å². The molecule has 80 valence electrons. The highest BCUT2D eigenvalue weighted by molar-refractivity contribution is 5.92. The van der Waals surface area contributed by atoms with E-state index in [9.17, 15) is 4.79 Å². The summed E-state index contributed by atoms with van der Waals surface area (Å²) < 4.78 is 10.5. The Hall–Kier alpha value is -1.51. The van der Waals surface area contributed by atoms with Crippen LogP contribution >= 0.6 is 0 Å². The zero-order chi connectivity index (χ0) is 10.8. The number of benzene rings is 1. The summed E-state index contributed by atoms with van der Waals surface area (Å²) in [7, 11) is 0. The molecule has 0 saturated heterocycles. The Bertz CT molecular complexity index is 384. The fourth-order valence-electron chi connectivity index (χ4n) is 1.79. The summed E-state index contributed by atoms with van der Waals surface area (Å²) in [5.74, 6) is 0.588. The second-order valence-electron chi connectivity index (χ2n) is 3.67. The maximum absolute atomic E-state index is 11.5. The third kappa shape index (κ3) is 1.96. The van der Waals surface area contributed by atoms with E-state index in [-0.39, 0.29) is 12.1 Å². The topological polar surface area (TPSA) is 35.5 Å². The second-order valence-corrected chi connectivity index (χ2v) is 3.67. The van der Waals surface area contributed by atoms with Gasteiger partial charge in [-0.2, -0.15) is 0 Å². The number of ether oxygens (including phenoxy) is 2. The lowest BCUT2D eigenvalue weighted by molar-refractivity contribution is 0.0301. The lowest BCUT2D eigenvalue weighted by atomic mass is 9.99. The van der Waals surface area contributed by atoms with Crippen molar-refractivity contribution in [2.75, 3.05) is 6.61 Å². The minimum atomic E-state index is -0.230. The molecule has 0 fully saturated rings. The number of cyclic esters (lactones) is 1. The molecule has 1 aliphatic rings. The molecule has 1 aromatic rings. The average Bonchev–Trinajstić information content (AvgIpc) is 2.17. The van der Waals surface area contributed by atoms with Crippen molar-refractivity contribution in [1.29, 1.82) is 0 Å². The standard InChI is InChI=1S/C12H14O3/c1-3-14-10-4-5-11-9(7-10)6-8(2)15-12(11)13/h4-5,7-8H,3,6H2,1-2H3. The quantitative estimate of drug-likeness (QED) is 0.696. The molecule has 0 amide bonds. The molecule has 1 atom stereocenters. The molecular formula is C12H14O3. The Morgan fingerprint density at radius 1 is 1.53 bits per heavy atom. The van der Waals surface area contributed by atoms with Gasteiger partial charge in [0.1, 0.15) is 11.9 Å². The van der Waals surface area contributed by atoms with Gasteiger partial charge in [-0.05, 0) is 37.6 Å². The van der Waals surface area contributed by atoms with Gasteiger partial charge in [-0.3, -0.25) is 0 Å². The minimum Gasteiger partial charge on any atom is -0.494 e. The number of carbonyl (C=O) groups is 1. The summed E-state index contributed by atoms with van der Waals surface area (Å²) in [6.45, 7) is 4.48. The van der Waals surface area contributed by atoms with Crippen LogP contribution in [-0.2, 0) is 11.2 Å². The van der Waals surface area contributed by atoms with Crippen LogP contribution in [-0.4, -0.2) is 18.7 Å². The van der Waals surface area contributed by atoms with Crippen molar-refractivity contribution in [3.63, 3.8) is 0 Å². The molecule has 0 spiro atoms. The van der Waals surface area contributed by atoms with Gasteiger partial charge in [0.05, 0.1) is 12.2 Å². The van der Waals surface area contributed by atoms with Gasteiger partial charge in [0.25, 0.3) is 0 Å². The molecule has 1 heterocycles. The van der Waals surface area contributed by atoms with Crippen LogP contribution in [0.4, 0.5) is 0 Å². The molecule has 0 aromatic heterocycles. The normalized spacial score (nSPS) is 19.3. The van der Waals surface area contributed by atoms with Crippen molar-refractivity contribution < 1.29 is 14.3 Å². The van der Waals surface area contributed by atoms with Crippen LogP contribution in [0.2, 0.25) is 0 Å². The molecule has 1 aromatic carbocycles. The maximum Gasteiger partial charge on any atom is 0.338 e. The molecular weight excluding hydrogens is 192 g/mol. The molecule has 2 rings (SSSR count). The van der Waals surface area contributed by atoms with E-state index in [4.69, 9.17) is 9.47 Å². The van der Waals surface area contributed by atoms with Crippen LogP contribution in [0.5, 0.6) is 5.75 Å². The third-order valence-corrected chi connectivity index (χ3v) is 2.42. The van der Waals surface area contributed by atoms with Gasteiger partial charge in [-0.1, -0.05) is 0 Å². The minimum absolute atomic E-state index is 0.0399. The molecule has 3 nitrogen and oxygen atoms in total. The molecule has 0 bridgehead atoms. The van der Waals surface area contributed by atoms with Gasteiger partial charge in [0.15, 0.2) is 0 Å². The smallest absolute Gasteiger partial charge is 0.338 e. The number of hydrogen-bond acceptors (Lipinski definition) is 3. The van der Waals surface area contributed by atoms with E-state index in [1.165, 1.54) is 0 Å². The molecule has 1 unspecified atom stereocenters. The molecule has 15 heavy (non-hydrogen) atoms. The summed E-state index contributed by atoms with van der Waals surface area (Å²) in [5.41, 5.74) is 1.68. The molecule has 0 aliphatic carbocycles. The number of hydrogen-bond donors (Lipinski definition) is 0. The summed E-state index contributed by atoms with van der Waals surface area (Å²) in [4.78, 5) is 11.5. The molecule has 3 heteroatoms. The van der Waals surface area contributed by atoms with Gasteiger partial charge >= 0.3 is 5.97 Å². The van der Waals surface area contributed by atoms with E-state index in [2.05, 4.69) is 0 Å². The monoisotopic (exact) mass is 206 g/mol. The maximum atomic E-state index is 11.5. The zero-order valence-electron chi connectivity index (χ0n) is 8.95. The van der Waals surface area contributed by atoms with Crippen LogP contribution in [0.1, 0.15) is 29.8 Å². The molecule has 1 aliphatic heterocycles. The van der Waals surface area contributed by atoms with Gasteiger partial charge in [-0.15, -0.1) is 0 Å². The van der Waals surface area contributed by atoms with E-state index in [1.807, 2.05) is 19.9 Å². The van der Waals surface area contributed by atoms with Crippen LogP contribution in [0, 0.1) is 0 Å². The van der Waals surface area contributed by atoms with Crippen LogP contribution in [0.15, 0.2) is 18.2 Å². The Morgan fingerprint density at radius 3 is 3.07 bits per heavy atom. The number of fused-ring (bicyclic) bond motifs is 1. The summed E-state index contributed by atoms with van der Waals surface area (Å²) in [5, 5.41) is 0. The van der Waals surface area contributed by atoms with E-state index in [1.54, 1.807) is 12.1 Å². The van der Waals surface area contributed by atoms with Gasteiger partial charge < -0.3 is 9.47 Å². The van der Waals surface area contributed by atoms with Crippen molar-refractivity contribution >= 4 is 5.97 Å². The van der Waals surface area contributed by atoms with E-state index in [0.29, 0.717) is 12.2 Å². The Balaban J connectivity index is 2.34. The largest absolute Gasteiger partial charge is 0.494 e. The van der Waals surface area contributed by atoms with Crippen molar-refractivity contribution in [3.05, 3.63) is 29.3 Å². The average molecular weight is 206 g/mol. The lowest BCUT2D eigenvalue weighted by Gasteiger charge is -2.21. The fraction of sp³-hybridized carbons (Fsp3) is 0.417. The van der Waals surface area contributed by atoms with Crippen LogP contribution in [0.25, 0.3) is 0 Å². The Kier molecular flexibility index (Phi) is 2.62. The van der Waals surface area contributed by atoms with Crippen molar-refractivity contribution in [3.8, 4) is 5.75 Å². The number of esters is 1. The molecule has 0 radical (unpaired) electrons. The Morgan fingerprint density at radius 2 is 2.33 bits per heavy atom. The molecule has 0 saturated carbocycles. The number of rotatable bonds is 2. The lowest BCUT2D eigenvalue weighted by Crippen LogP contribution is -2.24. The third-order valence-electron chi connectivity index (χ3n) is 2.42. The highest BCUT2D eigenvalue weighted by atomic mass is 16.5. The van der Waals surface area contributed by atoms with Gasteiger partial charge in [-0.25, -0.2) is 4.79 Å². The molecule has 0 N–H and O–H groups in total. The van der Waals surface area contributed by atoms with Gasteiger partial charge in [0, 0.05) is 6.42 Å². The Labute approximate surface area is 89.0 Å². The van der Waals surface area contributed by atoms with E-state index >= 15 is 0 Å². The van der Waals surface area contributed by atoms with Gasteiger partial charge in [0.2, 0.25) is 0 Å². The summed E-state index contributed by atoms with van der Waals surface area (Å²) >= 11 is 0. The van der Waals surface area contributed by atoms with Crippen molar-refractivity contribution in [1.82, 2.24) is 0 Å². The highest BCUT2D eigenvalue weighted by Crippen LogP contribution is 2.24. The predicted octanol–water partition coefficient (Wildman–Crippen LogP) is 2.19. The number of carbonyl (C=O) groups excluding carboxylic acids is 1. The van der Waals surface area contributed by atoms with E-state index in [0.717, 1.165) is 17.7 Å². The van der Waals surface area contributed by atoms with E-state index < -0.39 is 0 Å². The van der Waals surface area contributed by atoms with Crippen LogP contribution < -0.4 is 4.74 Å². The fourth-order valence-corrected chi connectivity index (χ4v) is 1.79. The first kappa shape index (κ1) is 10.0. The zero-order valence-corrected chi connectivity index (χ0v) is 8.95. The second kappa shape index (κ2) is 3.93. The first-order valence-corrected chi connectivity index (χ1v) is 5.17. The first-order chi connectivity index (χ1) is 7.20. The van der Waals surface area contributed by atoms with Crippen molar-refractivity contribution in [2.45, 2.75) is 26.4 Å². The first-order valence-electron chi connectivity index (χ1n) is 5.17. The summed E-state index contributed by atoms with van der Waals surface area (Å²) in [6, 6.07) is 5.50. The predicted molar refractivity (Wildman–Crippen MR) is 56.2 cm³/mol.